The molecule has 174 valence electrons. The van der Waals surface area contributed by atoms with Gasteiger partial charge in [0.25, 0.3) is 10.0 Å². The monoisotopic (exact) mass is 473 g/mol. The fourth-order valence-electron chi connectivity index (χ4n) is 5.02. The van der Waals surface area contributed by atoms with E-state index in [2.05, 4.69) is 6.08 Å². The van der Waals surface area contributed by atoms with Crippen LogP contribution in [0, 0.1) is 6.92 Å². The smallest absolute Gasteiger partial charge is 0.321 e. The van der Waals surface area contributed by atoms with Crippen molar-refractivity contribution in [3.8, 4) is 0 Å². The van der Waals surface area contributed by atoms with E-state index >= 15 is 0 Å². The average molecular weight is 474 g/mol. The highest BCUT2D eigenvalue weighted by Crippen LogP contribution is 2.54. The van der Waals surface area contributed by atoms with Crippen molar-refractivity contribution in [2.75, 3.05) is 13.7 Å². The third-order valence-electron chi connectivity index (χ3n) is 6.90. The number of esters is 1. The van der Waals surface area contributed by atoms with E-state index in [0.29, 0.717) is 25.8 Å². The molecule has 0 radical (unpaired) electrons. The molecule has 5 rings (SSSR count). The Bertz CT molecular complexity index is 1440. The van der Waals surface area contributed by atoms with E-state index in [4.69, 9.17) is 4.74 Å². The van der Waals surface area contributed by atoms with Crippen LogP contribution in [-0.2, 0) is 25.0 Å². The Labute approximate surface area is 200 Å². The van der Waals surface area contributed by atoms with Gasteiger partial charge in [-0.2, -0.15) is 0 Å². The lowest BCUT2D eigenvalue weighted by Crippen LogP contribution is -2.48. The van der Waals surface area contributed by atoms with Gasteiger partial charge in [0.2, 0.25) is 0 Å². The van der Waals surface area contributed by atoms with Gasteiger partial charge >= 0.3 is 5.97 Å². The van der Waals surface area contributed by atoms with E-state index in [9.17, 15) is 13.2 Å². The van der Waals surface area contributed by atoms with Crippen LogP contribution in [0.5, 0.6) is 0 Å². The van der Waals surface area contributed by atoms with Gasteiger partial charge in [0, 0.05) is 12.7 Å². The predicted octanol–water partition coefficient (Wildman–Crippen LogP) is 5.26. The molecule has 2 aliphatic rings. The van der Waals surface area contributed by atoms with Gasteiger partial charge in [-0.05, 0) is 71.9 Å². The standard InChI is InChI=1S/C28H27NO4S/c1-20-10-14-25(15-11-20)34(31,32)29-16-6-5-9-26-23(19-29)18-28(26,27(30)33-2)24-13-12-21-7-3-4-8-22(21)17-24/h3-4,7-15,17,19H,5-6,16,18H2,1-2H3/b23-19-,26-9+. The topological polar surface area (TPSA) is 63.7 Å². The molecular formula is C28H27NO4S. The Balaban J connectivity index is 1.57. The lowest BCUT2D eigenvalue weighted by Gasteiger charge is -2.46. The average Bonchev–Trinajstić information content (AvgIpc) is 2.83. The van der Waals surface area contributed by atoms with Gasteiger partial charge in [0.1, 0.15) is 5.41 Å². The van der Waals surface area contributed by atoms with Gasteiger partial charge in [0.15, 0.2) is 0 Å². The molecule has 3 aromatic rings. The van der Waals surface area contributed by atoms with Crippen molar-refractivity contribution < 1.29 is 17.9 Å². The minimum Gasteiger partial charge on any atom is -0.468 e. The highest BCUT2D eigenvalue weighted by Gasteiger charge is 2.54. The van der Waals surface area contributed by atoms with Crippen molar-refractivity contribution in [3.63, 3.8) is 0 Å². The number of sulfonamides is 1. The number of ether oxygens (including phenoxy) is 1. The van der Waals surface area contributed by atoms with Crippen molar-refractivity contribution in [2.24, 2.45) is 0 Å². The number of methoxy groups -OCH3 is 1. The van der Waals surface area contributed by atoms with Gasteiger partial charge in [-0.15, -0.1) is 0 Å². The molecule has 0 amide bonds. The number of hydrogen-bond donors (Lipinski definition) is 0. The first-order valence-electron chi connectivity index (χ1n) is 11.4. The van der Waals surface area contributed by atoms with E-state index in [1.807, 2.05) is 49.4 Å². The van der Waals surface area contributed by atoms with Crippen LogP contribution >= 0.6 is 0 Å². The molecule has 6 heteroatoms. The third kappa shape index (κ3) is 3.53. The number of benzene rings is 3. The van der Waals surface area contributed by atoms with Gasteiger partial charge in [-0.25, -0.2) is 8.42 Å². The zero-order chi connectivity index (χ0) is 23.9. The van der Waals surface area contributed by atoms with Crippen LogP contribution in [0.25, 0.3) is 10.8 Å². The maximum atomic E-state index is 13.4. The molecule has 1 atom stereocenters. The number of carbonyl (C=O) groups excluding carboxylic acids is 1. The molecule has 0 aromatic heterocycles. The molecule has 1 aliphatic heterocycles. The minimum absolute atomic E-state index is 0.272. The predicted molar refractivity (Wildman–Crippen MR) is 133 cm³/mol. The molecular weight excluding hydrogens is 446 g/mol. The second-order valence-electron chi connectivity index (χ2n) is 8.98. The van der Waals surface area contributed by atoms with Crippen molar-refractivity contribution in [2.45, 2.75) is 36.5 Å². The largest absolute Gasteiger partial charge is 0.468 e. The molecule has 1 heterocycles. The maximum Gasteiger partial charge on any atom is 0.321 e. The van der Waals surface area contributed by atoms with Crippen LogP contribution in [0.3, 0.4) is 0 Å². The summed E-state index contributed by atoms with van der Waals surface area (Å²) < 4.78 is 33.5. The molecule has 3 aromatic carbocycles. The highest BCUT2D eigenvalue weighted by atomic mass is 32.2. The molecule has 0 saturated heterocycles. The summed E-state index contributed by atoms with van der Waals surface area (Å²) in [5, 5.41) is 2.15. The number of aryl methyl sites for hydroxylation is 1. The molecule has 0 bridgehead atoms. The first-order valence-corrected chi connectivity index (χ1v) is 12.9. The number of fused-ring (bicyclic) bond motifs is 2. The van der Waals surface area contributed by atoms with Crippen LogP contribution in [0.2, 0.25) is 0 Å². The lowest BCUT2D eigenvalue weighted by atomic mass is 9.57. The van der Waals surface area contributed by atoms with E-state index in [-0.39, 0.29) is 10.9 Å². The fraction of sp³-hybridized carbons (Fsp3) is 0.250. The van der Waals surface area contributed by atoms with Crippen molar-refractivity contribution in [3.05, 3.63) is 101 Å². The van der Waals surface area contributed by atoms with E-state index in [0.717, 1.165) is 33.0 Å². The molecule has 1 fully saturated rings. The van der Waals surface area contributed by atoms with E-state index in [1.165, 1.54) is 11.4 Å². The third-order valence-corrected chi connectivity index (χ3v) is 8.67. The zero-order valence-corrected chi connectivity index (χ0v) is 20.1. The quantitative estimate of drug-likeness (QED) is 0.485. The molecule has 1 aliphatic carbocycles. The summed E-state index contributed by atoms with van der Waals surface area (Å²) in [4.78, 5) is 13.5. The molecule has 34 heavy (non-hydrogen) atoms. The van der Waals surface area contributed by atoms with Crippen molar-refractivity contribution in [1.82, 2.24) is 4.31 Å². The van der Waals surface area contributed by atoms with Crippen LogP contribution in [0.4, 0.5) is 0 Å². The molecule has 1 unspecified atom stereocenters. The Kier molecular flexibility index (Phi) is 5.56. The second-order valence-corrected chi connectivity index (χ2v) is 10.9. The number of allylic oxidation sites excluding steroid dienone is 2. The van der Waals surface area contributed by atoms with Crippen molar-refractivity contribution in [1.29, 1.82) is 0 Å². The summed E-state index contributed by atoms with van der Waals surface area (Å²) in [6.45, 7) is 2.32. The zero-order valence-electron chi connectivity index (χ0n) is 19.3. The van der Waals surface area contributed by atoms with Gasteiger partial charge in [0.05, 0.1) is 12.0 Å². The highest BCUT2D eigenvalue weighted by molar-refractivity contribution is 7.89. The minimum atomic E-state index is -3.68. The lowest BCUT2D eigenvalue weighted by molar-refractivity contribution is -0.147. The number of carbonyl (C=O) groups is 1. The number of rotatable bonds is 4. The Morgan fingerprint density at radius 3 is 2.47 bits per heavy atom. The van der Waals surface area contributed by atoms with E-state index in [1.54, 1.807) is 30.5 Å². The Morgan fingerprint density at radius 1 is 1.00 bits per heavy atom. The summed E-state index contributed by atoms with van der Waals surface area (Å²) in [5.74, 6) is -0.320. The SMILES string of the molecule is COC(=O)C1(c2ccc3ccccc3c2)CC2=C/N(S(=O)(=O)c3ccc(C)cc3)CCC/C=C\21. The first kappa shape index (κ1) is 22.4. The van der Waals surface area contributed by atoms with Crippen molar-refractivity contribution >= 4 is 26.8 Å². The van der Waals surface area contributed by atoms with Crippen LogP contribution in [0.15, 0.2) is 95.0 Å². The van der Waals surface area contributed by atoms with Gasteiger partial charge in [-0.3, -0.25) is 9.10 Å². The molecule has 1 saturated carbocycles. The normalized spacial score (nSPS) is 23.4. The van der Waals surface area contributed by atoms with Gasteiger partial charge < -0.3 is 4.74 Å². The van der Waals surface area contributed by atoms with Crippen LogP contribution < -0.4 is 0 Å². The summed E-state index contributed by atoms with van der Waals surface area (Å²) in [7, 11) is -2.28. The summed E-state index contributed by atoms with van der Waals surface area (Å²) in [6.07, 6.45) is 5.52. The Morgan fingerprint density at radius 2 is 1.74 bits per heavy atom. The Hall–Kier alpha value is -3.38. The number of nitrogens with zero attached hydrogens (tertiary/aromatic N) is 1. The first-order chi connectivity index (χ1) is 16.4. The molecule has 0 N–H and O–H groups in total. The summed E-state index contributed by atoms with van der Waals surface area (Å²) in [6, 6.07) is 21.0. The van der Waals surface area contributed by atoms with Crippen LogP contribution in [0.1, 0.15) is 30.4 Å². The fourth-order valence-corrected chi connectivity index (χ4v) is 6.40. The molecule has 5 nitrogen and oxygen atoms in total. The molecule has 0 spiro atoms. The second kappa shape index (κ2) is 8.44. The maximum absolute atomic E-state index is 13.4. The van der Waals surface area contributed by atoms with E-state index < -0.39 is 15.4 Å². The number of hydrogen-bond acceptors (Lipinski definition) is 4. The summed E-state index contributed by atoms with van der Waals surface area (Å²) >= 11 is 0. The van der Waals surface area contributed by atoms with Crippen LogP contribution in [-0.4, -0.2) is 32.3 Å². The van der Waals surface area contributed by atoms with Gasteiger partial charge in [-0.1, -0.05) is 60.2 Å². The summed E-state index contributed by atoms with van der Waals surface area (Å²) in [5.41, 5.74) is 2.65.